The number of nitro groups is 1. The molecule has 2 amide bonds. The van der Waals surface area contributed by atoms with Crippen molar-refractivity contribution in [2.75, 3.05) is 11.9 Å². The first-order valence-electron chi connectivity index (χ1n) is 10.5. The van der Waals surface area contributed by atoms with Crippen molar-refractivity contribution >= 4 is 28.8 Å². The second-order valence-electron chi connectivity index (χ2n) is 8.10. The zero-order valence-electron chi connectivity index (χ0n) is 18.6. The van der Waals surface area contributed by atoms with Crippen LogP contribution in [0, 0.1) is 24.0 Å². The van der Waals surface area contributed by atoms with Crippen LogP contribution in [-0.4, -0.2) is 28.7 Å². The third kappa shape index (κ3) is 4.13. The Morgan fingerprint density at radius 3 is 2.21 bits per heavy atom. The van der Waals surface area contributed by atoms with Gasteiger partial charge in [-0.15, -0.1) is 0 Å². The topological polar surface area (TPSA) is 83.8 Å². The quantitative estimate of drug-likeness (QED) is 0.316. The highest BCUT2D eigenvalue weighted by Crippen LogP contribution is 2.36. The van der Waals surface area contributed by atoms with Crippen LogP contribution in [0.5, 0.6) is 0 Å². The highest BCUT2D eigenvalue weighted by Gasteiger charge is 2.42. The van der Waals surface area contributed by atoms with Gasteiger partial charge >= 0.3 is 0 Å². The summed E-state index contributed by atoms with van der Waals surface area (Å²) >= 11 is 0. The predicted octanol–water partition coefficient (Wildman–Crippen LogP) is 4.63. The fourth-order valence-corrected chi connectivity index (χ4v) is 4.00. The number of rotatable bonds is 6. The molecule has 7 nitrogen and oxygen atoms in total. The van der Waals surface area contributed by atoms with Crippen LogP contribution in [-0.2, 0) is 16.1 Å². The molecule has 0 radical (unpaired) electrons. The molecular weight excluding hydrogens is 418 g/mol. The maximum atomic E-state index is 13.7. The fraction of sp³-hybridized carbons (Fsp3) is 0.154. The van der Waals surface area contributed by atoms with Gasteiger partial charge in [0, 0.05) is 25.7 Å². The maximum absolute atomic E-state index is 13.7. The Morgan fingerprint density at radius 1 is 0.909 bits per heavy atom. The van der Waals surface area contributed by atoms with Crippen LogP contribution in [0.3, 0.4) is 0 Å². The molecule has 7 heteroatoms. The average molecular weight is 441 g/mol. The van der Waals surface area contributed by atoms with Gasteiger partial charge in [-0.3, -0.25) is 19.7 Å². The van der Waals surface area contributed by atoms with E-state index in [4.69, 9.17) is 0 Å². The summed E-state index contributed by atoms with van der Waals surface area (Å²) in [7, 11) is 1.77. The SMILES string of the molecule is Cc1ccc(C)c(N2C(=O)C(c3ccc([N+](=O)[O-])cc3)=C(N(C)Cc3ccccc3)C2=O)c1. The third-order valence-electron chi connectivity index (χ3n) is 5.68. The Balaban J connectivity index is 1.83. The van der Waals surface area contributed by atoms with Gasteiger partial charge in [0.2, 0.25) is 0 Å². The van der Waals surface area contributed by atoms with E-state index in [-0.39, 0.29) is 17.0 Å². The molecule has 1 heterocycles. The summed E-state index contributed by atoms with van der Waals surface area (Å²) in [6, 6.07) is 21.0. The molecule has 0 spiro atoms. The van der Waals surface area contributed by atoms with Crippen LogP contribution in [0.1, 0.15) is 22.3 Å². The molecule has 0 saturated heterocycles. The smallest absolute Gasteiger partial charge is 0.282 e. The van der Waals surface area contributed by atoms with Crippen LogP contribution < -0.4 is 4.90 Å². The zero-order valence-corrected chi connectivity index (χ0v) is 18.6. The van der Waals surface area contributed by atoms with E-state index in [1.54, 1.807) is 11.9 Å². The summed E-state index contributed by atoms with van der Waals surface area (Å²) in [4.78, 5) is 40.9. The van der Waals surface area contributed by atoms with Crippen LogP contribution >= 0.6 is 0 Å². The van der Waals surface area contributed by atoms with Crippen molar-refractivity contribution in [3.8, 4) is 0 Å². The molecule has 0 unspecified atom stereocenters. The van der Waals surface area contributed by atoms with Crippen LogP contribution in [0.25, 0.3) is 5.57 Å². The Bertz CT molecular complexity index is 1280. The van der Waals surface area contributed by atoms with Gasteiger partial charge in [0.05, 0.1) is 16.2 Å². The molecule has 4 rings (SSSR count). The summed E-state index contributed by atoms with van der Waals surface area (Å²) < 4.78 is 0. The minimum absolute atomic E-state index is 0.0818. The van der Waals surface area contributed by atoms with Crippen molar-refractivity contribution in [2.45, 2.75) is 20.4 Å². The zero-order chi connectivity index (χ0) is 23.7. The molecule has 0 fully saturated rings. The third-order valence-corrected chi connectivity index (χ3v) is 5.68. The molecule has 3 aromatic carbocycles. The van der Waals surface area contributed by atoms with Crippen LogP contribution in [0.15, 0.2) is 78.5 Å². The highest BCUT2D eigenvalue weighted by molar-refractivity contribution is 6.45. The van der Waals surface area contributed by atoms with E-state index in [0.717, 1.165) is 16.7 Å². The number of imide groups is 1. The number of aryl methyl sites for hydroxylation is 2. The molecule has 1 aliphatic heterocycles. The lowest BCUT2D eigenvalue weighted by Crippen LogP contribution is -2.34. The van der Waals surface area contributed by atoms with E-state index >= 15 is 0 Å². The molecule has 1 aliphatic rings. The second kappa shape index (κ2) is 8.70. The first-order chi connectivity index (χ1) is 15.8. The van der Waals surface area contributed by atoms with E-state index in [9.17, 15) is 19.7 Å². The first-order valence-corrected chi connectivity index (χ1v) is 10.5. The molecular formula is C26H23N3O4. The number of amides is 2. The summed E-state index contributed by atoms with van der Waals surface area (Å²) in [5.41, 5.74) is 4.13. The first kappa shape index (κ1) is 22.0. The Kier molecular flexibility index (Phi) is 5.79. The molecule has 0 aliphatic carbocycles. The van der Waals surface area contributed by atoms with E-state index in [2.05, 4.69) is 0 Å². The minimum atomic E-state index is -0.495. The Hall–Kier alpha value is -4.26. The number of nitro benzene ring substituents is 1. The van der Waals surface area contributed by atoms with Gasteiger partial charge in [0.1, 0.15) is 5.70 Å². The minimum Gasteiger partial charge on any atom is -0.365 e. The number of carbonyl (C=O) groups is 2. The molecule has 0 bridgehead atoms. The van der Waals surface area contributed by atoms with Crippen molar-refractivity contribution in [3.63, 3.8) is 0 Å². The van der Waals surface area contributed by atoms with E-state index in [0.29, 0.717) is 17.8 Å². The van der Waals surface area contributed by atoms with Gasteiger partial charge in [0.15, 0.2) is 0 Å². The molecule has 0 aromatic heterocycles. The summed E-state index contributed by atoms with van der Waals surface area (Å²) in [6.07, 6.45) is 0. The Labute approximate surface area is 191 Å². The van der Waals surface area contributed by atoms with Crippen molar-refractivity contribution in [1.82, 2.24) is 4.90 Å². The average Bonchev–Trinajstić information content (AvgIpc) is 3.06. The largest absolute Gasteiger partial charge is 0.365 e. The van der Waals surface area contributed by atoms with Crippen molar-refractivity contribution in [2.24, 2.45) is 0 Å². The lowest BCUT2D eigenvalue weighted by atomic mass is 10.0. The number of likely N-dealkylation sites (N-methyl/N-ethyl adjacent to an activating group) is 1. The standard InChI is InChI=1S/C26H23N3O4/c1-17-9-10-18(2)22(15-17)28-25(30)23(20-11-13-21(14-12-20)29(32)33)24(26(28)31)27(3)16-19-7-5-4-6-8-19/h4-15H,16H2,1-3H3. The predicted molar refractivity (Wildman–Crippen MR) is 126 cm³/mol. The van der Waals surface area contributed by atoms with Crippen molar-refractivity contribution in [3.05, 3.63) is 111 Å². The van der Waals surface area contributed by atoms with Crippen LogP contribution in [0.2, 0.25) is 0 Å². The number of nitrogens with zero attached hydrogens (tertiary/aromatic N) is 3. The highest BCUT2D eigenvalue weighted by atomic mass is 16.6. The lowest BCUT2D eigenvalue weighted by Gasteiger charge is -2.22. The van der Waals surface area contributed by atoms with Crippen molar-refractivity contribution < 1.29 is 14.5 Å². The molecule has 0 saturated carbocycles. The number of non-ortho nitro benzene ring substituents is 1. The van der Waals surface area contributed by atoms with Crippen LogP contribution in [0.4, 0.5) is 11.4 Å². The van der Waals surface area contributed by atoms with Gasteiger partial charge in [0.25, 0.3) is 17.5 Å². The molecule has 3 aromatic rings. The van der Waals surface area contributed by atoms with Crippen molar-refractivity contribution in [1.29, 1.82) is 0 Å². The molecule has 0 atom stereocenters. The molecule has 166 valence electrons. The number of anilines is 1. The summed E-state index contributed by atoms with van der Waals surface area (Å²) in [5, 5.41) is 11.1. The molecule has 0 N–H and O–H groups in total. The van der Waals surface area contributed by atoms with E-state index in [1.807, 2.05) is 62.4 Å². The van der Waals surface area contributed by atoms with E-state index < -0.39 is 16.7 Å². The lowest BCUT2D eigenvalue weighted by molar-refractivity contribution is -0.384. The number of benzene rings is 3. The van der Waals surface area contributed by atoms with Gasteiger partial charge in [-0.1, -0.05) is 42.5 Å². The van der Waals surface area contributed by atoms with E-state index in [1.165, 1.54) is 29.2 Å². The number of hydrogen-bond donors (Lipinski definition) is 0. The normalized spacial score (nSPS) is 13.6. The van der Waals surface area contributed by atoms with Gasteiger partial charge in [-0.25, -0.2) is 4.90 Å². The molecule has 33 heavy (non-hydrogen) atoms. The van der Waals surface area contributed by atoms with Gasteiger partial charge in [-0.05, 0) is 54.3 Å². The maximum Gasteiger partial charge on any atom is 0.282 e. The summed E-state index contributed by atoms with van der Waals surface area (Å²) in [5.74, 6) is -0.863. The fourth-order valence-electron chi connectivity index (χ4n) is 4.00. The second-order valence-corrected chi connectivity index (χ2v) is 8.10. The monoisotopic (exact) mass is 441 g/mol. The number of carbonyl (C=O) groups excluding carboxylic acids is 2. The number of hydrogen-bond acceptors (Lipinski definition) is 5. The van der Waals surface area contributed by atoms with Gasteiger partial charge < -0.3 is 4.90 Å². The summed E-state index contributed by atoms with van der Waals surface area (Å²) in [6.45, 7) is 4.18. The van der Waals surface area contributed by atoms with Gasteiger partial charge in [-0.2, -0.15) is 0 Å². The Morgan fingerprint density at radius 2 is 1.58 bits per heavy atom.